The van der Waals surface area contributed by atoms with Gasteiger partial charge in [0.2, 0.25) is 0 Å². The number of nitrogens with two attached hydrogens (primary N) is 1. The van der Waals surface area contributed by atoms with Gasteiger partial charge in [-0.3, -0.25) is 5.41 Å². The second kappa shape index (κ2) is 5.68. The van der Waals surface area contributed by atoms with E-state index in [1.807, 2.05) is 12.1 Å². The zero-order valence-electron chi connectivity index (χ0n) is 9.82. The molecule has 2 rings (SSSR count). The van der Waals surface area contributed by atoms with Gasteiger partial charge in [-0.15, -0.1) is 0 Å². The van der Waals surface area contributed by atoms with E-state index in [2.05, 4.69) is 0 Å². The highest BCUT2D eigenvalue weighted by molar-refractivity contribution is 5.95. The molecule has 0 bridgehead atoms. The van der Waals surface area contributed by atoms with Crippen molar-refractivity contribution < 1.29 is 9.47 Å². The van der Waals surface area contributed by atoms with Gasteiger partial charge in [0.15, 0.2) is 0 Å². The maximum atomic E-state index is 7.35. The number of hydrogen-bond acceptors (Lipinski definition) is 3. The van der Waals surface area contributed by atoms with Crippen molar-refractivity contribution in [1.82, 2.24) is 0 Å². The van der Waals surface area contributed by atoms with Crippen molar-refractivity contribution in [3.8, 4) is 5.75 Å². The van der Waals surface area contributed by atoms with E-state index in [9.17, 15) is 0 Å². The van der Waals surface area contributed by atoms with Gasteiger partial charge >= 0.3 is 0 Å². The SMILES string of the molecule is N=C(N)c1cccc(OCCC2CCCO2)c1. The van der Waals surface area contributed by atoms with Crippen LogP contribution < -0.4 is 10.5 Å². The second-order valence-electron chi connectivity index (χ2n) is 4.21. The van der Waals surface area contributed by atoms with E-state index in [0.717, 1.165) is 31.6 Å². The van der Waals surface area contributed by atoms with Crippen LogP contribution in [0.4, 0.5) is 0 Å². The number of hydrogen-bond donors (Lipinski definition) is 2. The molecule has 92 valence electrons. The number of benzene rings is 1. The molecular formula is C13H18N2O2. The van der Waals surface area contributed by atoms with Crippen molar-refractivity contribution in [2.45, 2.75) is 25.4 Å². The molecule has 1 saturated heterocycles. The van der Waals surface area contributed by atoms with Crippen LogP contribution >= 0.6 is 0 Å². The quantitative estimate of drug-likeness (QED) is 0.604. The second-order valence-corrected chi connectivity index (χ2v) is 4.21. The first-order valence-corrected chi connectivity index (χ1v) is 5.94. The first kappa shape index (κ1) is 11.9. The summed E-state index contributed by atoms with van der Waals surface area (Å²) in [7, 11) is 0. The van der Waals surface area contributed by atoms with Crippen LogP contribution in [-0.2, 0) is 4.74 Å². The fourth-order valence-electron chi connectivity index (χ4n) is 1.93. The minimum atomic E-state index is 0.0644. The Bertz CT molecular complexity index is 387. The molecule has 1 unspecified atom stereocenters. The average Bonchev–Trinajstić information content (AvgIpc) is 2.82. The summed E-state index contributed by atoms with van der Waals surface area (Å²) in [5.41, 5.74) is 6.11. The standard InChI is InChI=1S/C13H18N2O2/c14-13(15)10-3-1-4-12(9-10)17-8-6-11-5-2-7-16-11/h1,3-4,9,11H,2,5-8H2,(H3,14,15). The zero-order chi connectivity index (χ0) is 12.1. The van der Waals surface area contributed by atoms with Crippen LogP contribution in [0.1, 0.15) is 24.8 Å². The fourth-order valence-corrected chi connectivity index (χ4v) is 1.93. The average molecular weight is 234 g/mol. The largest absolute Gasteiger partial charge is 0.493 e. The minimum absolute atomic E-state index is 0.0644. The Morgan fingerprint density at radius 3 is 3.12 bits per heavy atom. The molecule has 1 heterocycles. The van der Waals surface area contributed by atoms with Crippen molar-refractivity contribution in [2.24, 2.45) is 5.73 Å². The van der Waals surface area contributed by atoms with Gasteiger partial charge in [-0.1, -0.05) is 12.1 Å². The number of ether oxygens (including phenoxy) is 2. The van der Waals surface area contributed by atoms with Crippen LogP contribution in [0.25, 0.3) is 0 Å². The van der Waals surface area contributed by atoms with Gasteiger partial charge in [0, 0.05) is 18.6 Å². The van der Waals surface area contributed by atoms with Crippen LogP contribution in [0.15, 0.2) is 24.3 Å². The van der Waals surface area contributed by atoms with E-state index in [0.29, 0.717) is 18.3 Å². The number of nitrogens with one attached hydrogen (secondary N) is 1. The van der Waals surface area contributed by atoms with Crippen molar-refractivity contribution in [1.29, 1.82) is 5.41 Å². The number of nitrogen functional groups attached to an aromatic ring is 1. The van der Waals surface area contributed by atoms with Crippen LogP contribution in [-0.4, -0.2) is 25.2 Å². The third-order valence-corrected chi connectivity index (χ3v) is 2.88. The van der Waals surface area contributed by atoms with E-state index in [1.165, 1.54) is 0 Å². The summed E-state index contributed by atoms with van der Waals surface area (Å²) in [5, 5.41) is 7.35. The minimum Gasteiger partial charge on any atom is -0.493 e. The van der Waals surface area contributed by atoms with E-state index in [1.54, 1.807) is 12.1 Å². The molecular weight excluding hydrogens is 216 g/mol. The Balaban J connectivity index is 1.81. The fraction of sp³-hybridized carbons (Fsp3) is 0.462. The molecule has 0 radical (unpaired) electrons. The molecule has 0 aromatic heterocycles. The molecule has 4 heteroatoms. The molecule has 1 aromatic rings. The normalized spacial score (nSPS) is 19.2. The first-order valence-electron chi connectivity index (χ1n) is 5.94. The van der Waals surface area contributed by atoms with Crippen LogP contribution in [0.2, 0.25) is 0 Å². The molecule has 0 saturated carbocycles. The Morgan fingerprint density at radius 2 is 2.41 bits per heavy atom. The molecule has 1 fully saturated rings. The Hall–Kier alpha value is -1.55. The van der Waals surface area contributed by atoms with Gasteiger partial charge in [-0.25, -0.2) is 0 Å². The molecule has 4 nitrogen and oxygen atoms in total. The van der Waals surface area contributed by atoms with Crippen LogP contribution in [0.3, 0.4) is 0 Å². The zero-order valence-corrected chi connectivity index (χ0v) is 9.82. The monoisotopic (exact) mass is 234 g/mol. The van der Waals surface area contributed by atoms with E-state index in [4.69, 9.17) is 20.6 Å². The van der Waals surface area contributed by atoms with Crippen LogP contribution in [0, 0.1) is 5.41 Å². The summed E-state index contributed by atoms with van der Waals surface area (Å²) in [6.07, 6.45) is 3.57. The van der Waals surface area contributed by atoms with Crippen LogP contribution in [0.5, 0.6) is 5.75 Å². The third kappa shape index (κ3) is 3.46. The van der Waals surface area contributed by atoms with Crippen molar-refractivity contribution in [3.05, 3.63) is 29.8 Å². The highest BCUT2D eigenvalue weighted by atomic mass is 16.5. The van der Waals surface area contributed by atoms with E-state index in [-0.39, 0.29) is 5.84 Å². The lowest BCUT2D eigenvalue weighted by molar-refractivity contribution is 0.0903. The Kier molecular flexibility index (Phi) is 3.98. The molecule has 0 spiro atoms. The third-order valence-electron chi connectivity index (χ3n) is 2.88. The maximum absolute atomic E-state index is 7.35. The molecule has 17 heavy (non-hydrogen) atoms. The van der Waals surface area contributed by atoms with Gasteiger partial charge in [0.1, 0.15) is 11.6 Å². The Labute approximate surface area is 101 Å². The summed E-state index contributed by atoms with van der Waals surface area (Å²) < 4.78 is 11.1. The molecule has 0 aliphatic carbocycles. The topological polar surface area (TPSA) is 68.3 Å². The van der Waals surface area contributed by atoms with E-state index < -0.39 is 0 Å². The summed E-state index contributed by atoms with van der Waals surface area (Å²) in [6, 6.07) is 7.31. The predicted molar refractivity (Wildman–Crippen MR) is 66.5 cm³/mol. The summed E-state index contributed by atoms with van der Waals surface area (Å²) in [4.78, 5) is 0. The number of rotatable bonds is 5. The van der Waals surface area contributed by atoms with Gasteiger partial charge in [-0.2, -0.15) is 0 Å². The van der Waals surface area contributed by atoms with Gasteiger partial charge in [0.25, 0.3) is 0 Å². The molecule has 0 amide bonds. The molecule has 3 N–H and O–H groups in total. The lowest BCUT2D eigenvalue weighted by atomic mass is 10.2. The summed E-state index contributed by atoms with van der Waals surface area (Å²) >= 11 is 0. The Morgan fingerprint density at radius 1 is 1.53 bits per heavy atom. The molecule has 1 aliphatic heterocycles. The highest BCUT2D eigenvalue weighted by Crippen LogP contribution is 2.17. The van der Waals surface area contributed by atoms with Crippen molar-refractivity contribution in [3.63, 3.8) is 0 Å². The molecule has 1 atom stereocenters. The van der Waals surface area contributed by atoms with Gasteiger partial charge in [-0.05, 0) is 25.0 Å². The summed E-state index contributed by atoms with van der Waals surface area (Å²) in [5.74, 6) is 0.824. The lowest BCUT2D eigenvalue weighted by Gasteiger charge is -2.11. The smallest absolute Gasteiger partial charge is 0.122 e. The molecule has 1 aromatic carbocycles. The predicted octanol–water partition coefficient (Wildman–Crippen LogP) is 1.92. The number of amidine groups is 1. The molecule has 1 aliphatic rings. The van der Waals surface area contributed by atoms with Crippen molar-refractivity contribution in [2.75, 3.05) is 13.2 Å². The summed E-state index contributed by atoms with van der Waals surface area (Å²) in [6.45, 7) is 1.52. The lowest BCUT2D eigenvalue weighted by Crippen LogP contribution is -2.12. The van der Waals surface area contributed by atoms with Crippen molar-refractivity contribution >= 4 is 5.84 Å². The van der Waals surface area contributed by atoms with Gasteiger partial charge < -0.3 is 15.2 Å². The van der Waals surface area contributed by atoms with Gasteiger partial charge in [0.05, 0.1) is 12.7 Å². The highest BCUT2D eigenvalue weighted by Gasteiger charge is 2.14. The van der Waals surface area contributed by atoms with E-state index >= 15 is 0 Å². The maximum Gasteiger partial charge on any atom is 0.122 e. The first-order chi connectivity index (χ1) is 8.25.